The van der Waals surface area contributed by atoms with Gasteiger partial charge in [-0.1, -0.05) is 0 Å². The molecule has 0 aliphatic carbocycles. The molecule has 2 atom stereocenters. The first kappa shape index (κ1) is 18.8. The molecular formula is C17H27N5O4. The highest BCUT2D eigenvalue weighted by Gasteiger charge is 2.50. The van der Waals surface area contributed by atoms with Crippen LogP contribution in [-0.4, -0.2) is 75.1 Å². The highest BCUT2D eigenvalue weighted by Crippen LogP contribution is 2.39. The third-order valence-electron chi connectivity index (χ3n) is 5.57. The number of aliphatic hydroxyl groups excluding tert-OH is 1. The van der Waals surface area contributed by atoms with Crippen molar-refractivity contribution in [3.8, 4) is 0 Å². The average Bonchev–Trinajstić information content (AvgIpc) is 3.00. The number of rotatable bonds is 4. The summed E-state index contributed by atoms with van der Waals surface area (Å²) in [5.74, 6) is -0.607. The van der Waals surface area contributed by atoms with Crippen molar-refractivity contribution >= 4 is 11.8 Å². The van der Waals surface area contributed by atoms with E-state index in [2.05, 4.69) is 10.4 Å². The highest BCUT2D eigenvalue weighted by molar-refractivity contribution is 5.93. The second-order valence-electron chi connectivity index (χ2n) is 7.64. The predicted octanol–water partition coefficient (Wildman–Crippen LogP) is -0.990. The van der Waals surface area contributed by atoms with E-state index >= 15 is 0 Å². The van der Waals surface area contributed by atoms with Gasteiger partial charge < -0.3 is 20.9 Å². The number of carbonyl (C=O) groups is 2. The van der Waals surface area contributed by atoms with E-state index in [1.165, 1.54) is 4.68 Å². The van der Waals surface area contributed by atoms with Gasteiger partial charge >= 0.3 is 0 Å². The van der Waals surface area contributed by atoms with Crippen LogP contribution in [0.15, 0.2) is 12.3 Å². The van der Waals surface area contributed by atoms with Crippen molar-refractivity contribution in [2.75, 3.05) is 26.2 Å². The summed E-state index contributed by atoms with van der Waals surface area (Å²) in [5.41, 5.74) is 4.49. The Morgan fingerprint density at radius 1 is 1.46 bits per heavy atom. The summed E-state index contributed by atoms with van der Waals surface area (Å²) in [4.78, 5) is 25.7. The Morgan fingerprint density at radius 2 is 2.15 bits per heavy atom. The van der Waals surface area contributed by atoms with E-state index in [9.17, 15) is 14.7 Å². The maximum Gasteiger partial charge on any atom is 0.270 e. The fraction of sp³-hybridized carbons (Fsp3) is 0.706. The molecule has 0 aromatic carbocycles. The summed E-state index contributed by atoms with van der Waals surface area (Å²) in [6, 6.07) is 1.64. The number of nitrogens with two attached hydrogens (primary N) is 1. The Bertz CT molecular complexity index is 682. The Balaban J connectivity index is 1.69. The van der Waals surface area contributed by atoms with Gasteiger partial charge in [0.05, 0.1) is 24.3 Å². The highest BCUT2D eigenvalue weighted by atomic mass is 16.5. The van der Waals surface area contributed by atoms with Crippen LogP contribution in [0.4, 0.5) is 0 Å². The maximum absolute atomic E-state index is 12.6. The fourth-order valence-corrected chi connectivity index (χ4v) is 3.99. The normalized spacial score (nSPS) is 28.8. The maximum atomic E-state index is 12.6. The minimum absolute atomic E-state index is 0.165. The summed E-state index contributed by atoms with van der Waals surface area (Å²) in [7, 11) is 1.70. The number of amides is 2. The van der Waals surface area contributed by atoms with Crippen LogP contribution < -0.4 is 11.1 Å². The summed E-state index contributed by atoms with van der Waals surface area (Å²) in [6.07, 6.45) is 2.73. The van der Waals surface area contributed by atoms with Gasteiger partial charge in [0.1, 0.15) is 11.8 Å². The smallest absolute Gasteiger partial charge is 0.270 e. The molecule has 2 amide bonds. The van der Waals surface area contributed by atoms with E-state index in [-0.39, 0.29) is 25.0 Å². The molecule has 4 N–H and O–H groups in total. The quantitative estimate of drug-likeness (QED) is 0.630. The second-order valence-corrected chi connectivity index (χ2v) is 7.64. The SMILES string of the molecule is Cn1nccc1C(=O)N[C@@]1(C)CC2(CCN(CC(N)=O)CC2)OC[C@@H]1O. The van der Waals surface area contributed by atoms with Crippen molar-refractivity contribution < 1.29 is 19.4 Å². The molecule has 3 heterocycles. The number of aliphatic hydroxyl groups is 1. The van der Waals surface area contributed by atoms with Crippen LogP contribution in [0.3, 0.4) is 0 Å². The summed E-state index contributed by atoms with van der Waals surface area (Å²) < 4.78 is 7.50. The lowest BCUT2D eigenvalue weighted by molar-refractivity contribution is -0.177. The van der Waals surface area contributed by atoms with Crippen LogP contribution in [0.2, 0.25) is 0 Å². The van der Waals surface area contributed by atoms with Gasteiger partial charge in [-0.25, -0.2) is 0 Å². The van der Waals surface area contributed by atoms with Gasteiger partial charge in [0, 0.05) is 32.8 Å². The van der Waals surface area contributed by atoms with E-state index in [0.29, 0.717) is 25.2 Å². The Kier molecular flexibility index (Phi) is 5.05. The van der Waals surface area contributed by atoms with Crippen molar-refractivity contribution in [1.82, 2.24) is 20.0 Å². The molecule has 9 heteroatoms. The number of nitrogens with one attached hydrogen (secondary N) is 1. The molecule has 0 bridgehead atoms. The zero-order valence-electron chi connectivity index (χ0n) is 15.3. The third kappa shape index (κ3) is 3.74. The largest absolute Gasteiger partial charge is 0.388 e. The number of carbonyl (C=O) groups excluding carboxylic acids is 2. The van der Waals surface area contributed by atoms with Gasteiger partial charge in [0.25, 0.3) is 5.91 Å². The monoisotopic (exact) mass is 365 g/mol. The van der Waals surface area contributed by atoms with Crippen molar-refractivity contribution in [3.63, 3.8) is 0 Å². The first-order valence-electron chi connectivity index (χ1n) is 8.86. The standard InChI is InChI=1S/C17H27N5O4/c1-16(20-15(25)12-3-6-19-21(12)2)11-17(26-10-13(16)23)4-7-22(8-5-17)9-14(18)24/h3,6,13,23H,4-5,7-11H2,1-2H3,(H2,18,24)(H,20,25)/t13-,16-/m0/s1. The van der Waals surface area contributed by atoms with Gasteiger partial charge in [-0.15, -0.1) is 0 Å². The van der Waals surface area contributed by atoms with E-state index in [4.69, 9.17) is 10.5 Å². The van der Waals surface area contributed by atoms with Crippen LogP contribution in [0.1, 0.15) is 36.7 Å². The molecule has 26 heavy (non-hydrogen) atoms. The van der Waals surface area contributed by atoms with Crippen LogP contribution in [-0.2, 0) is 16.6 Å². The van der Waals surface area contributed by atoms with Crippen LogP contribution >= 0.6 is 0 Å². The summed E-state index contributed by atoms with van der Waals surface area (Å²) in [5, 5.41) is 17.5. The van der Waals surface area contributed by atoms with E-state index in [1.54, 1.807) is 19.3 Å². The molecule has 0 radical (unpaired) electrons. The van der Waals surface area contributed by atoms with Crippen LogP contribution in [0.25, 0.3) is 0 Å². The molecule has 1 aromatic rings. The fourth-order valence-electron chi connectivity index (χ4n) is 3.99. The van der Waals surface area contributed by atoms with Crippen LogP contribution in [0.5, 0.6) is 0 Å². The molecule has 2 aliphatic rings. The second kappa shape index (κ2) is 6.98. The van der Waals surface area contributed by atoms with Crippen molar-refractivity contribution in [2.45, 2.75) is 43.4 Å². The van der Waals surface area contributed by atoms with Crippen molar-refractivity contribution in [1.29, 1.82) is 0 Å². The lowest BCUT2D eigenvalue weighted by Crippen LogP contribution is -2.65. The Hall–Kier alpha value is -1.97. The van der Waals surface area contributed by atoms with Gasteiger partial charge in [-0.05, 0) is 25.8 Å². The molecule has 2 saturated heterocycles. The summed E-state index contributed by atoms with van der Waals surface area (Å²) >= 11 is 0. The molecule has 1 aromatic heterocycles. The number of ether oxygens (including phenoxy) is 1. The first-order chi connectivity index (χ1) is 12.2. The number of aryl methyl sites for hydroxylation is 1. The molecular weight excluding hydrogens is 338 g/mol. The lowest BCUT2D eigenvalue weighted by Gasteiger charge is -2.51. The average molecular weight is 365 g/mol. The molecule has 0 saturated carbocycles. The van der Waals surface area contributed by atoms with E-state index in [0.717, 1.165) is 12.8 Å². The Labute approximate surface area is 152 Å². The predicted molar refractivity (Wildman–Crippen MR) is 93.3 cm³/mol. The molecule has 1 spiro atoms. The molecule has 9 nitrogen and oxygen atoms in total. The van der Waals surface area contributed by atoms with Gasteiger partial charge in [-0.3, -0.25) is 19.2 Å². The van der Waals surface area contributed by atoms with Crippen LogP contribution in [0, 0.1) is 0 Å². The van der Waals surface area contributed by atoms with Gasteiger partial charge in [-0.2, -0.15) is 5.10 Å². The number of piperidine rings is 1. The molecule has 144 valence electrons. The van der Waals surface area contributed by atoms with Crippen molar-refractivity contribution in [3.05, 3.63) is 18.0 Å². The summed E-state index contributed by atoms with van der Waals surface area (Å²) in [6.45, 7) is 3.66. The topological polar surface area (TPSA) is 123 Å². The molecule has 3 rings (SSSR count). The van der Waals surface area contributed by atoms with Gasteiger partial charge in [0.2, 0.25) is 5.91 Å². The molecule has 0 unspecified atom stereocenters. The molecule has 2 aliphatic heterocycles. The number of hydrogen-bond acceptors (Lipinski definition) is 6. The minimum atomic E-state index is -0.800. The molecule has 2 fully saturated rings. The minimum Gasteiger partial charge on any atom is -0.388 e. The lowest BCUT2D eigenvalue weighted by atomic mass is 9.74. The number of primary amides is 1. The Morgan fingerprint density at radius 3 is 2.73 bits per heavy atom. The third-order valence-corrected chi connectivity index (χ3v) is 5.57. The number of aromatic nitrogens is 2. The van der Waals surface area contributed by atoms with E-state index < -0.39 is 17.2 Å². The zero-order chi connectivity index (χ0) is 18.9. The van der Waals surface area contributed by atoms with Gasteiger partial charge in [0.15, 0.2) is 0 Å². The number of likely N-dealkylation sites (tertiary alicyclic amines) is 1. The number of nitrogens with zero attached hydrogens (tertiary/aromatic N) is 3. The van der Waals surface area contributed by atoms with Crippen molar-refractivity contribution in [2.24, 2.45) is 12.8 Å². The zero-order valence-corrected chi connectivity index (χ0v) is 15.3. The number of hydrogen-bond donors (Lipinski definition) is 3. The first-order valence-corrected chi connectivity index (χ1v) is 8.86. The van der Waals surface area contributed by atoms with E-state index in [1.807, 2.05) is 11.8 Å².